The molecule has 1 saturated carbocycles. The summed E-state index contributed by atoms with van der Waals surface area (Å²) in [6, 6.07) is 5.60. The number of benzene rings is 1. The van der Waals surface area contributed by atoms with E-state index in [1.54, 1.807) is 12.1 Å². The van der Waals surface area contributed by atoms with Crippen LogP contribution >= 0.6 is 23.2 Å². The lowest BCUT2D eigenvalue weighted by Crippen LogP contribution is -2.37. The molecule has 0 bridgehead atoms. The molecule has 1 aliphatic rings. The van der Waals surface area contributed by atoms with Crippen molar-refractivity contribution in [3.8, 4) is 0 Å². The van der Waals surface area contributed by atoms with Crippen molar-refractivity contribution in [2.75, 3.05) is 5.88 Å². The lowest BCUT2D eigenvalue weighted by Gasteiger charge is -2.19. The van der Waals surface area contributed by atoms with E-state index in [4.69, 9.17) is 23.2 Å². The minimum atomic E-state index is -0.0566. The third-order valence-corrected chi connectivity index (χ3v) is 4.41. The molecule has 0 spiro atoms. The molecule has 0 saturated heterocycles. The highest BCUT2D eigenvalue weighted by Gasteiger charge is 2.27. The summed E-state index contributed by atoms with van der Waals surface area (Å²) in [4.78, 5) is 12.1. The molecule has 4 heteroatoms. The molecule has 1 fully saturated rings. The largest absolute Gasteiger partial charge is 0.349 e. The van der Waals surface area contributed by atoms with Gasteiger partial charge in [0.1, 0.15) is 0 Å². The maximum Gasteiger partial charge on any atom is 0.251 e. The maximum absolute atomic E-state index is 12.1. The first-order valence-electron chi connectivity index (χ1n) is 6.25. The Balaban J connectivity index is 2.05. The zero-order chi connectivity index (χ0) is 13.1. The fourth-order valence-corrected chi connectivity index (χ4v) is 2.95. The fourth-order valence-electron chi connectivity index (χ4n) is 2.40. The van der Waals surface area contributed by atoms with Crippen molar-refractivity contribution >= 4 is 29.1 Å². The van der Waals surface area contributed by atoms with E-state index in [1.807, 2.05) is 13.0 Å². The number of alkyl halides is 1. The fraction of sp³-hybridized carbons (Fsp3) is 0.500. The topological polar surface area (TPSA) is 29.1 Å². The van der Waals surface area contributed by atoms with E-state index in [2.05, 4.69) is 5.32 Å². The first-order chi connectivity index (χ1) is 8.61. The number of nitrogens with one attached hydrogen (secondary N) is 1. The van der Waals surface area contributed by atoms with Crippen LogP contribution in [0.1, 0.15) is 35.2 Å². The number of halogens is 2. The normalized spacial score (nSPS) is 23.1. The molecule has 98 valence electrons. The average Bonchev–Trinajstić information content (AvgIpc) is 2.79. The molecule has 1 N–H and O–H groups in total. The summed E-state index contributed by atoms with van der Waals surface area (Å²) >= 11 is 11.9. The Hall–Kier alpha value is -0.730. The molecule has 0 heterocycles. The third kappa shape index (κ3) is 2.99. The van der Waals surface area contributed by atoms with Gasteiger partial charge in [0.2, 0.25) is 0 Å². The Morgan fingerprint density at radius 2 is 2.22 bits per heavy atom. The smallest absolute Gasteiger partial charge is 0.251 e. The highest BCUT2D eigenvalue weighted by Crippen LogP contribution is 2.27. The van der Waals surface area contributed by atoms with Gasteiger partial charge in [-0.3, -0.25) is 4.79 Å². The number of hydrogen-bond donors (Lipinski definition) is 1. The monoisotopic (exact) mass is 285 g/mol. The van der Waals surface area contributed by atoms with Crippen molar-refractivity contribution in [2.24, 2.45) is 5.92 Å². The highest BCUT2D eigenvalue weighted by atomic mass is 35.5. The number of hydrogen-bond acceptors (Lipinski definition) is 1. The lowest BCUT2D eigenvalue weighted by molar-refractivity contribution is 0.0930. The van der Waals surface area contributed by atoms with Gasteiger partial charge in [0.05, 0.1) is 0 Å². The predicted octanol–water partition coefficient (Wildman–Crippen LogP) is 3.79. The van der Waals surface area contributed by atoms with Gasteiger partial charge in [0, 0.05) is 22.5 Å². The van der Waals surface area contributed by atoms with E-state index in [0.717, 1.165) is 24.8 Å². The van der Waals surface area contributed by atoms with E-state index >= 15 is 0 Å². The summed E-state index contributed by atoms with van der Waals surface area (Å²) in [5, 5.41) is 3.69. The minimum Gasteiger partial charge on any atom is -0.349 e. The van der Waals surface area contributed by atoms with E-state index < -0.39 is 0 Å². The molecule has 2 rings (SSSR count). The van der Waals surface area contributed by atoms with Crippen molar-refractivity contribution in [1.82, 2.24) is 5.32 Å². The molecule has 1 aromatic carbocycles. The first-order valence-corrected chi connectivity index (χ1v) is 7.16. The molecule has 0 aliphatic heterocycles. The summed E-state index contributed by atoms with van der Waals surface area (Å²) in [6.45, 7) is 1.92. The van der Waals surface area contributed by atoms with Crippen LogP contribution in [0.5, 0.6) is 0 Å². The summed E-state index contributed by atoms with van der Waals surface area (Å²) in [6.07, 6.45) is 3.25. The van der Waals surface area contributed by atoms with Crippen LogP contribution in [-0.4, -0.2) is 17.8 Å². The second kappa shape index (κ2) is 5.94. The van der Waals surface area contributed by atoms with Gasteiger partial charge in [-0.1, -0.05) is 24.1 Å². The summed E-state index contributed by atoms with van der Waals surface area (Å²) < 4.78 is 0. The third-order valence-electron chi connectivity index (χ3n) is 3.61. The quantitative estimate of drug-likeness (QED) is 0.842. The van der Waals surface area contributed by atoms with E-state index in [9.17, 15) is 4.79 Å². The van der Waals surface area contributed by atoms with Crippen LogP contribution in [-0.2, 0) is 0 Å². The Labute approximate surface area is 118 Å². The number of amides is 1. The zero-order valence-corrected chi connectivity index (χ0v) is 11.9. The van der Waals surface area contributed by atoms with Crippen molar-refractivity contribution in [2.45, 2.75) is 32.2 Å². The molecular weight excluding hydrogens is 269 g/mol. The number of aryl methyl sites for hydroxylation is 1. The van der Waals surface area contributed by atoms with Crippen molar-refractivity contribution in [3.63, 3.8) is 0 Å². The standard InChI is InChI=1S/C14H17Cl2NO/c1-9-5-6-10(7-12(9)16)14(18)17-13-4-2-3-11(13)8-15/h5-7,11,13H,2-4,8H2,1H3,(H,17,18). The second-order valence-corrected chi connectivity index (χ2v) is 5.61. The van der Waals surface area contributed by atoms with Crippen LogP contribution in [0.15, 0.2) is 18.2 Å². The molecule has 2 atom stereocenters. The Bertz CT molecular complexity index is 447. The van der Waals surface area contributed by atoms with Crippen LogP contribution in [0.25, 0.3) is 0 Å². The van der Waals surface area contributed by atoms with Gasteiger partial charge in [-0.15, -0.1) is 11.6 Å². The van der Waals surface area contributed by atoms with Crippen molar-refractivity contribution in [3.05, 3.63) is 34.3 Å². The summed E-state index contributed by atoms with van der Waals surface area (Å²) in [5.41, 5.74) is 1.60. The first kappa shape index (κ1) is 13.7. The van der Waals surface area contributed by atoms with Crippen molar-refractivity contribution in [1.29, 1.82) is 0 Å². The van der Waals surface area contributed by atoms with Gasteiger partial charge >= 0.3 is 0 Å². The predicted molar refractivity (Wildman–Crippen MR) is 75.5 cm³/mol. The Morgan fingerprint density at radius 3 is 2.89 bits per heavy atom. The number of carbonyl (C=O) groups excluding carboxylic acids is 1. The van der Waals surface area contributed by atoms with E-state index in [0.29, 0.717) is 22.4 Å². The second-order valence-electron chi connectivity index (χ2n) is 4.89. The van der Waals surface area contributed by atoms with E-state index in [1.165, 1.54) is 0 Å². The van der Waals surface area contributed by atoms with Crippen LogP contribution in [0.4, 0.5) is 0 Å². The molecule has 0 radical (unpaired) electrons. The molecule has 1 aliphatic carbocycles. The molecule has 2 unspecified atom stereocenters. The van der Waals surface area contributed by atoms with Crippen LogP contribution in [0.3, 0.4) is 0 Å². The molecule has 1 amide bonds. The molecule has 1 aromatic rings. The van der Waals surface area contributed by atoms with Gasteiger partial charge < -0.3 is 5.32 Å². The number of rotatable bonds is 3. The van der Waals surface area contributed by atoms with Crippen LogP contribution in [0, 0.1) is 12.8 Å². The van der Waals surface area contributed by atoms with Gasteiger partial charge in [-0.05, 0) is 43.4 Å². The SMILES string of the molecule is Cc1ccc(C(=O)NC2CCCC2CCl)cc1Cl. The van der Waals surface area contributed by atoms with Gasteiger partial charge in [0.15, 0.2) is 0 Å². The molecule has 0 aromatic heterocycles. The van der Waals surface area contributed by atoms with Gasteiger partial charge in [-0.25, -0.2) is 0 Å². The maximum atomic E-state index is 12.1. The Morgan fingerprint density at radius 1 is 1.44 bits per heavy atom. The average molecular weight is 286 g/mol. The number of carbonyl (C=O) groups is 1. The summed E-state index contributed by atoms with van der Waals surface area (Å²) in [7, 11) is 0. The lowest BCUT2D eigenvalue weighted by atomic mass is 10.1. The summed E-state index contributed by atoms with van der Waals surface area (Å²) in [5.74, 6) is 0.954. The molecular formula is C14H17Cl2NO. The van der Waals surface area contributed by atoms with Gasteiger partial charge in [-0.2, -0.15) is 0 Å². The molecule has 2 nitrogen and oxygen atoms in total. The van der Waals surface area contributed by atoms with E-state index in [-0.39, 0.29) is 11.9 Å². The van der Waals surface area contributed by atoms with Gasteiger partial charge in [0.25, 0.3) is 5.91 Å². The van der Waals surface area contributed by atoms with Crippen molar-refractivity contribution < 1.29 is 4.79 Å². The Kier molecular flexibility index (Phi) is 4.52. The van der Waals surface area contributed by atoms with Crippen LogP contribution in [0.2, 0.25) is 5.02 Å². The highest BCUT2D eigenvalue weighted by molar-refractivity contribution is 6.31. The molecule has 18 heavy (non-hydrogen) atoms. The zero-order valence-electron chi connectivity index (χ0n) is 10.4. The minimum absolute atomic E-state index is 0.0566. The van der Waals surface area contributed by atoms with Crippen LogP contribution < -0.4 is 5.32 Å².